The van der Waals surface area contributed by atoms with Crippen molar-refractivity contribution >= 4 is 23.2 Å². The van der Waals surface area contributed by atoms with Crippen LogP contribution < -0.4 is 15.5 Å². The molecule has 0 unspecified atom stereocenters. The molecule has 18 heavy (non-hydrogen) atoms. The van der Waals surface area contributed by atoms with Gasteiger partial charge in [0, 0.05) is 38.4 Å². The van der Waals surface area contributed by atoms with Gasteiger partial charge in [0.25, 0.3) is 0 Å². The van der Waals surface area contributed by atoms with Crippen LogP contribution in [0.3, 0.4) is 0 Å². The summed E-state index contributed by atoms with van der Waals surface area (Å²) in [6, 6.07) is 7.23. The highest BCUT2D eigenvalue weighted by molar-refractivity contribution is 5.90. The Labute approximate surface area is 107 Å². The van der Waals surface area contributed by atoms with Crippen molar-refractivity contribution in [2.24, 2.45) is 0 Å². The molecule has 1 aromatic carbocycles. The molecule has 98 valence electrons. The quantitative estimate of drug-likeness (QED) is 0.837. The van der Waals surface area contributed by atoms with Crippen LogP contribution in [0.5, 0.6) is 0 Å². The molecule has 0 heterocycles. The lowest BCUT2D eigenvalue weighted by Gasteiger charge is -2.14. The van der Waals surface area contributed by atoms with Gasteiger partial charge in [0.2, 0.25) is 0 Å². The molecular weight excluding hydrogens is 230 g/mol. The molecule has 1 aromatic rings. The number of Topliss-reactive ketones (excluding diaryl/α,β-unsaturated/α-hetero) is 1. The fraction of sp³-hybridized carbons (Fsp3) is 0.385. The molecule has 0 fully saturated rings. The van der Waals surface area contributed by atoms with E-state index in [1.807, 2.05) is 43.3 Å². The lowest BCUT2D eigenvalue weighted by Crippen LogP contribution is -2.30. The average molecular weight is 249 g/mol. The van der Waals surface area contributed by atoms with Crippen LogP contribution in [-0.2, 0) is 4.79 Å². The maximum atomic E-state index is 11.5. The lowest BCUT2D eigenvalue weighted by molar-refractivity contribution is -0.116. The van der Waals surface area contributed by atoms with Crippen LogP contribution in [0.2, 0.25) is 0 Å². The molecular formula is C13H19N3O2. The van der Waals surface area contributed by atoms with E-state index in [9.17, 15) is 9.59 Å². The maximum absolute atomic E-state index is 11.5. The summed E-state index contributed by atoms with van der Waals surface area (Å²) < 4.78 is 0. The molecule has 0 aromatic heterocycles. The van der Waals surface area contributed by atoms with Gasteiger partial charge in [0.1, 0.15) is 5.78 Å². The van der Waals surface area contributed by atoms with E-state index in [2.05, 4.69) is 10.6 Å². The molecule has 0 radical (unpaired) electrons. The van der Waals surface area contributed by atoms with E-state index >= 15 is 0 Å². The Morgan fingerprint density at radius 2 is 2.00 bits per heavy atom. The van der Waals surface area contributed by atoms with Crippen LogP contribution in [0.25, 0.3) is 0 Å². The fourth-order valence-corrected chi connectivity index (χ4v) is 1.39. The summed E-state index contributed by atoms with van der Waals surface area (Å²) >= 11 is 0. The molecule has 2 N–H and O–H groups in total. The predicted molar refractivity (Wildman–Crippen MR) is 73.1 cm³/mol. The summed E-state index contributed by atoms with van der Waals surface area (Å²) in [5.74, 6) is 0.0601. The number of amides is 2. The molecule has 5 nitrogen and oxygen atoms in total. The first kappa shape index (κ1) is 14.0. The molecule has 0 spiro atoms. The Bertz CT molecular complexity index is 430. The van der Waals surface area contributed by atoms with Gasteiger partial charge < -0.3 is 15.5 Å². The second-order valence-electron chi connectivity index (χ2n) is 4.28. The van der Waals surface area contributed by atoms with Crippen LogP contribution in [-0.4, -0.2) is 32.5 Å². The van der Waals surface area contributed by atoms with Gasteiger partial charge in [-0.15, -0.1) is 0 Å². The highest BCUT2D eigenvalue weighted by Crippen LogP contribution is 2.16. The van der Waals surface area contributed by atoms with Crippen LogP contribution in [0, 0.1) is 0 Å². The summed E-state index contributed by atoms with van der Waals surface area (Å²) in [7, 11) is 3.87. The number of ketones is 1. The third-order valence-corrected chi connectivity index (χ3v) is 2.38. The summed E-state index contributed by atoms with van der Waals surface area (Å²) in [4.78, 5) is 24.2. The van der Waals surface area contributed by atoms with Crippen molar-refractivity contribution in [2.45, 2.75) is 13.3 Å². The minimum atomic E-state index is -0.299. The van der Waals surface area contributed by atoms with Crippen LogP contribution in [0.4, 0.5) is 16.2 Å². The van der Waals surface area contributed by atoms with Crippen molar-refractivity contribution in [1.29, 1.82) is 0 Å². The Balaban J connectivity index is 2.49. The largest absolute Gasteiger partial charge is 0.378 e. The number of benzene rings is 1. The van der Waals surface area contributed by atoms with Gasteiger partial charge in [0.05, 0.1) is 0 Å². The van der Waals surface area contributed by atoms with Gasteiger partial charge in [-0.3, -0.25) is 4.79 Å². The summed E-state index contributed by atoms with van der Waals surface area (Å²) in [5.41, 5.74) is 1.73. The van der Waals surface area contributed by atoms with Crippen molar-refractivity contribution in [2.75, 3.05) is 30.9 Å². The smallest absolute Gasteiger partial charge is 0.319 e. The summed E-state index contributed by atoms with van der Waals surface area (Å²) in [6.45, 7) is 1.86. The number of hydrogen-bond acceptors (Lipinski definition) is 3. The minimum Gasteiger partial charge on any atom is -0.378 e. The van der Waals surface area contributed by atoms with Gasteiger partial charge in [-0.25, -0.2) is 4.79 Å². The van der Waals surface area contributed by atoms with E-state index in [-0.39, 0.29) is 11.8 Å². The summed E-state index contributed by atoms with van der Waals surface area (Å²) in [5, 5.41) is 5.35. The third kappa shape index (κ3) is 4.86. The van der Waals surface area contributed by atoms with Crippen molar-refractivity contribution in [3.05, 3.63) is 24.3 Å². The van der Waals surface area contributed by atoms with Gasteiger partial charge >= 0.3 is 6.03 Å². The van der Waals surface area contributed by atoms with Crippen molar-refractivity contribution in [3.63, 3.8) is 0 Å². The molecule has 0 bridgehead atoms. The first-order valence-electron chi connectivity index (χ1n) is 5.80. The zero-order chi connectivity index (χ0) is 13.5. The van der Waals surface area contributed by atoms with Gasteiger partial charge in [0.15, 0.2) is 0 Å². The number of urea groups is 1. The number of carbonyl (C=O) groups excluding carboxylic acids is 2. The van der Waals surface area contributed by atoms with Crippen molar-refractivity contribution < 1.29 is 9.59 Å². The second kappa shape index (κ2) is 6.64. The van der Waals surface area contributed by atoms with Crippen molar-refractivity contribution in [3.8, 4) is 0 Å². The van der Waals surface area contributed by atoms with E-state index < -0.39 is 0 Å². The standard InChI is InChI=1S/C13H19N3O2/c1-10(17)7-8-14-13(18)15-11-5-4-6-12(9-11)16(2)3/h4-6,9H,7-8H2,1-3H3,(H2,14,15,18). The lowest BCUT2D eigenvalue weighted by atomic mass is 10.2. The molecule has 0 aliphatic rings. The van der Waals surface area contributed by atoms with Crippen LogP contribution in [0.15, 0.2) is 24.3 Å². The molecule has 1 rings (SSSR count). The number of anilines is 2. The first-order chi connectivity index (χ1) is 8.49. The van der Waals surface area contributed by atoms with Crippen LogP contribution in [0.1, 0.15) is 13.3 Å². The Morgan fingerprint density at radius 3 is 2.61 bits per heavy atom. The molecule has 2 amide bonds. The fourth-order valence-electron chi connectivity index (χ4n) is 1.39. The monoisotopic (exact) mass is 249 g/mol. The van der Waals surface area contributed by atoms with E-state index in [0.29, 0.717) is 13.0 Å². The van der Waals surface area contributed by atoms with Crippen LogP contribution >= 0.6 is 0 Å². The normalized spacial score (nSPS) is 9.72. The highest BCUT2D eigenvalue weighted by Gasteiger charge is 2.03. The molecule has 0 saturated heterocycles. The predicted octanol–water partition coefficient (Wildman–Crippen LogP) is 1.85. The zero-order valence-corrected chi connectivity index (χ0v) is 11.0. The Kier molecular flexibility index (Phi) is 5.17. The highest BCUT2D eigenvalue weighted by atomic mass is 16.2. The van der Waals surface area contributed by atoms with Gasteiger partial charge in [-0.1, -0.05) is 6.07 Å². The molecule has 5 heteroatoms. The maximum Gasteiger partial charge on any atom is 0.319 e. The molecule has 0 aliphatic carbocycles. The Morgan fingerprint density at radius 1 is 1.28 bits per heavy atom. The van der Waals surface area contributed by atoms with E-state index in [1.165, 1.54) is 6.92 Å². The van der Waals surface area contributed by atoms with Gasteiger partial charge in [-0.2, -0.15) is 0 Å². The number of hydrogen-bond donors (Lipinski definition) is 2. The Hall–Kier alpha value is -2.04. The first-order valence-corrected chi connectivity index (χ1v) is 5.80. The van der Waals surface area contributed by atoms with E-state index in [4.69, 9.17) is 0 Å². The average Bonchev–Trinajstić information content (AvgIpc) is 2.28. The topological polar surface area (TPSA) is 61.4 Å². The molecule has 0 aliphatic heterocycles. The molecule has 0 saturated carbocycles. The number of carbonyl (C=O) groups is 2. The van der Waals surface area contributed by atoms with E-state index in [1.54, 1.807) is 0 Å². The minimum absolute atomic E-state index is 0.0601. The van der Waals surface area contributed by atoms with Gasteiger partial charge in [-0.05, 0) is 25.1 Å². The third-order valence-electron chi connectivity index (χ3n) is 2.38. The van der Waals surface area contributed by atoms with Crippen molar-refractivity contribution in [1.82, 2.24) is 5.32 Å². The number of rotatable bonds is 5. The second-order valence-corrected chi connectivity index (χ2v) is 4.28. The number of nitrogens with one attached hydrogen (secondary N) is 2. The SMILES string of the molecule is CC(=O)CCNC(=O)Nc1cccc(N(C)C)c1. The zero-order valence-electron chi connectivity index (χ0n) is 11.0. The van der Waals surface area contributed by atoms with E-state index in [0.717, 1.165) is 11.4 Å². The summed E-state index contributed by atoms with van der Waals surface area (Å²) in [6.07, 6.45) is 0.352. The molecule has 0 atom stereocenters. The number of nitrogens with zero attached hydrogens (tertiary/aromatic N) is 1.